The largest absolute Gasteiger partial charge is 0.454 e. The lowest BCUT2D eigenvalue weighted by molar-refractivity contribution is -0.132. The van der Waals surface area contributed by atoms with Gasteiger partial charge in [0.2, 0.25) is 18.6 Å². The summed E-state index contributed by atoms with van der Waals surface area (Å²) in [5.74, 6) is -2.54. The summed E-state index contributed by atoms with van der Waals surface area (Å²) in [4.78, 5) is 26.3. The maximum Gasteiger partial charge on any atom is 0.239 e. The number of hydrogen-bond acceptors (Lipinski definition) is 4. The molecule has 4 rings (SSSR count). The van der Waals surface area contributed by atoms with Gasteiger partial charge in [-0.2, -0.15) is 0 Å². The predicted molar refractivity (Wildman–Crippen MR) is 91.2 cm³/mol. The summed E-state index contributed by atoms with van der Waals surface area (Å²) in [7, 11) is 0. The van der Waals surface area contributed by atoms with Gasteiger partial charge in [-0.25, -0.2) is 8.78 Å². The minimum atomic E-state index is -1.03. The fourth-order valence-electron chi connectivity index (χ4n) is 3.27. The molecule has 1 unspecified atom stereocenters. The Kier molecular flexibility index (Phi) is 4.39. The number of carbonyl (C=O) groups excluding carboxylic acids is 2. The van der Waals surface area contributed by atoms with E-state index in [1.54, 1.807) is 18.2 Å². The third-order valence-corrected chi connectivity index (χ3v) is 4.67. The van der Waals surface area contributed by atoms with Crippen molar-refractivity contribution in [2.45, 2.75) is 13.0 Å². The van der Waals surface area contributed by atoms with Crippen LogP contribution in [0.2, 0.25) is 0 Å². The van der Waals surface area contributed by atoms with E-state index in [1.165, 1.54) is 11.0 Å². The van der Waals surface area contributed by atoms with Crippen LogP contribution in [0.3, 0.4) is 0 Å². The molecule has 0 radical (unpaired) electrons. The second kappa shape index (κ2) is 6.86. The highest BCUT2D eigenvalue weighted by Crippen LogP contribution is 2.35. The summed E-state index contributed by atoms with van der Waals surface area (Å²) in [5.41, 5.74) is 0.988. The molecule has 2 heterocycles. The highest BCUT2D eigenvalue weighted by atomic mass is 19.2. The average Bonchev–Trinajstić information content (AvgIpc) is 3.29. The molecule has 0 bridgehead atoms. The number of fused-ring (bicyclic) bond motifs is 1. The molecule has 2 amide bonds. The number of hydrogen-bond donors (Lipinski definition) is 1. The molecule has 6 nitrogen and oxygen atoms in total. The van der Waals surface area contributed by atoms with Crippen LogP contribution < -0.4 is 19.7 Å². The number of nitrogens with zero attached hydrogens (tertiary/aromatic N) is 1. The van der Waals surface area contributed by atoms with Crippen LogP contribution in [0.25, 0.3) is 0 Å². The van der Waals surface area contributed by atoms with Gasteiger partial charge in [0.05, 0.1) is 0 Å². The highest BCUT2D eigenvalue weighted by molar-refractivity contribution is 6.09. The Bertz CT molecular complexity index is 919. The van der Waals surface area contributed by atoms with Crippen molar-refractivity contribution < 1.29 is 27.8 Å². The molecule has 27 heavy (non-hydrogen) atoms. The third kappa shape index (κ3) is 3.18. The van der Waals surface area contributed by atoms with Gasteiger partial charge in [0.25, 0.3) is 0 Å². The van der Waals surface area contributed by atoms with E-state index in [9.17, 15) is 18.4 Å². The van der Waals surface area contributed by atoms with Crippen molar-refractivity contribution in [3.05, 3.63) is 53.6 Å². The molecule has 140 valence electrons. The van der Waals surface area contributed by atoms with E-state index in [1.807, 2.05) is 0 Å². The Labute approximate surface area is 153 Å². The molecule has 0 spiro atoms. The molecular formula is C19H16F2N2O4. The highest BCUT2D eigenvalue weighted by Gasteiger charge is 2.37. The van der Waals surface area contributed by atoms with Gasteiger partial charge in [0, 0.05) is 30.4 Å². The molecule has 1 fully saturated rings. The van der Waals surface area contributed by atoms with Gasteiger partial charge in [-0.15, -0.1) is 0 Å². The Morgan fingerprint density at radius 1 is 1.19 bits per heavy atom. The quantitative estimate of drug-likeness (QED) is 0.835. The van der Waals surface area contributed by atoms with Gasteiger partial charge < -0.3 is 19.7 Å². The van der Waals surface area contributed by atoms with Crippen LogP contribution >= 0.6 is 0 Å². The molecule has 2 aromatic rings. The van der Waals surface area contributed by atoms with Crippen LogP contribution in [0.5, 0.6) is 11.5 Å². The van der Waals surface area contributed by atoms with Crippen molar-refractivity contribution >= 4 is 17.5 Å². The van der Waals surface area contributed by atoms with E-state index >= 15 is 0 Å². The van der Waals surface area contributed by atoms with E-state index in [4.69, 9.17) is 9.47 Å². The Morgan fingerprint density at radius 2 is 2.04 bits per heavy atom. The standard InChI is InChI=1S/C19H16F2N2O4/c20-14-5-4-12(8-15(14)21)23-7-6-13(19(23)25)18(24)22-9-11-2-1-3-16-17(11)27-10-26-16/h1-5,8,13H,6-7,9-10H2,(H,22,24). The first-order valence-corrected chi connectivity index (χ1v) is 8.46. The van der Waals surface area contributed by atoms with Crippen molar-refractivity contribution in [2.24, 2.45) is 5.92 Å². The third-order valence-electron chi connectivity index (χ3n) is 4.67. The number of para-hydroxylation sites is 1. The van der Waals surface area contributed by atoms with Gasteiger partial charge in [-0.05, 0) is 24.6 Å². The van der Waals surface area contributed by atoms with Crippen molar-refractivity contribution in [1.82, 2.24) is 5.32 Å². The fraction of sp³-hybridized carbons (Fsp3) is 0.263. The van der Waals surface area contributed by atoms with Crippen molar-refractivity contribution in [3.8, 4) is 11.5 Å². The lowest BCUT2D eigenvalue weighted by atomic mass is 10.1. The number of benzene rings is 2. The molecule has 0 saturated carbocycles. The van der Waals surface area contributed by atoms with E-state index in [-0.39, 0.29) is 25.6 Å². The molecule has 1 saturated heterocycles. The zero-order valence-corrected chi connectivity index (χ0v) is 14.2. The number of amides is 2. The number of ether oxygens (including phenoxy) is 2. The van der Waals surface area contributed by atoms with E-state index < -0.39 is 29.4 Å². The zero-order chi connectivity index (χ0) is 19.0. The van der Waals surface area contributed by atoms with Gasteiger partial charge in [-0.3, -0.25) is 9.59 Å². The normalized spacial score (nSPS) is 18.1. The minimum Gasteiger partial charge on any atom is -0.454 e. The summed E-state index contributed by atoms with van der Waals surface area (Å²) >= 11 is 0. The minimum absolute atomic E-state index is 0.130. The molecule has 1 N–H and O–H groups in total. The molecule has 0 aliphatic carbocycles. The van der Waals surface area contributed by atoms with Crippen molar-refractivity contribution in [1.29, 1.82) is 0 Å². The van der Waals surface area contributed by atoms with Gasteiger partial charge in [0.15, 0.2) is 23.1 Å². The maximum absolute atomic E-state index is 13.4. The average molecular weight is 374 g/mol. The molecule has 2 aromatic carbocycles. The van der Waals surface area contributed by atoms with Crippen LogP contribution in [-0.4, -0.2) is 25.2 Å². The summed E-state index contributed by atoms with van der Waals surface area (Å²) in [6.07, 6.45) is 0.302. The Hall–Kier alpha value is -3.16. The summed E-state index contributed by atoms with van der Waals surface area (Å²) < 4.78 is 37.2. The van der Waals surface area contributed by atoms with Crippen LogP contribution in [0.15, 0.2) is 36.4 Å². The first kappa shape index (κ1) is 17.3. The predicted octanol–water partition coefficient (Wildman–Crippen LogP) is 2.36. The van der Waals surface area contributed by atoms with Gasteiger partial charge in [-0.1, -0.05) is 12.1 Å². The van der Waals surface area contributed by atoms with E-state index in [2.05, 4.69) is 5.32 Å². The molecule has 8 heteroatoms. The van der Waals surface area contributed by atoms with Crippen LogP contribution in [0.4, 0.5) is 14.5 Å². The number of halogens is 2. The van der Waals surface area contributed by atoms with Crippen LogP contribution in [-0.2, 0) is 16.1 Å². The number of rotatable bonds is 4. The molecule has 0 aromatic heterocycles. The topological polar surface area (TPSA) is 67.9 Å². The first-order chi connectivity index (χ1) is 13.0. The second-order valence-corrected chi connectivity index (χ2v) is 6.30. The smallest absolute Gasteiger partial charge is 0.239 e. The summed E-state index contributed by atoms with van der Waals surface area (Å²) in [5, 5.41) is 2.74. The maximum atomic E-state index is 13.4. The number of carbonyl (C=O) groups is 2. The van der Waals surface area contributed by atoms with E-state index in [0.29, 0.717) is 17.9 Å². The fourth-order valence-corrected chi connectivity index (χ4v) is 3.27. The monoisotopic (exact) mass is 374 g/mol. The Morgan fingerprint density at radius 3 is 2.85 bits per heavy atom. The first-order valence-electron chi connectivity index (χ1n) is 8.46. The second-order valence-electron chi connectivity index (χ2n) is 6.30. The lowest BCUT2D eigenvalue weighted by Crippen LogP contribution is -2.36. The molecular weight excluding hydrogens is 358 g/mol. The van der Waals surface area contributed by atoms with Gasteiger partial charge in [0.1, 0.15) is 5.92 Å². The van der Waals surface area contributed by atoms with Crippen molar-refractivity contribution in [2.75, 3.05) is 18.2 Å². The van der Waals surface area contributed by atoms with E-state index in [0.717, 1.165) is 17.7 Å². The SMILES string of the molecule is O=C(NCc1cccc2c1OCO2)C1CCN(c2ccc(F)c(F)c2)C1=O. The number of anilines is 1. The number of nitrogens with one attached hydrogen (secondary N) is 1. The lowest BCUT2D eigenvalue weighted by Gasteiger charge is -2.17. The van der Waals surface area contributed by atoms with Crippen LogP contribution in [0.1, 0.15) is 12.0 Å². The molecule has 2 aliphatic rings. The zero-order valence-electron chi connectivity index (χ0n) is 14.2. The molecule has 2 aliphatic heterocycles. The Balaban J connectivity index is 1.42. The van der Waals surface area contributed by atoms with Crippen molar-refractivity contribution in [3.63, 3.8) is 0 Å². The van der Waals surface area contributed by atoms with Gasteiger partial charge >= 0.3 is 0 Å². The molecule has 1 atom stereocenters. The summed E-state index contributed by atoms with van der Waals surface area (Å²) in [6, 6.07) is 8.61. The summed E-state index contributed by atoms with van der Waals surface area (Å²) in [6.45, 7) is 0.588. The van der Waals surface area contributed by atoms with Crippen LogP contribution in [0, 0.1) is 17.6 Å².